The molecule has 2 atom stereocenters. The zero-order chi connectivity index (χ0) is 27.8. The van der Waals surface area contributed by atoms with Gasteiger partial charge in [0.25, 0.3) is 0 Å². The second-order valence-electron chi connectivity index (χ2n) is 10.6. The maximum absolute atomic E-state index is 13.9. The van der Waals surface area contributed by atoms with Crippen molar-refractivity contribution in [3.8, 4) is 12.3 Å². The maximum atomic E-state index is 13.9. The highest BCUT2D eigenvalue weighted by atomic mass is 32.1. The first-order valence-corrected chi connectivity index (χ1v) is 12.7. The smallest absolute Gasteiger partial charge is 0.408 e. The number of nitrogens with zero attached hydrogens (tertiary/aromatic N) is 1. The Morgan fingerprint density at radius 1 is 1.00 bits per heavy atom. The van der Waals surface area contributed by atoms with Crippen LogP contribution in [0.2, 0.25) is 0 Å². The van der Waals surface area contributed by atoms with E-state index in [1.807, 2.05) is 51.1 Å². The highest BCUT2D eigenvalue weighted by Crippen LogP contribution is 2.30. The summed E-state index contributed by atoms with van der Waals surface area (Å²) in [7, 11) is 0. The molecule has 0 fully saturated rings. The SMILES string of the molecule is C#Cc1ccc(C(C(=O)NCc2ccccc2)N(C(=O)C(CS)NC(=O)OC(C)(C)C)C(C)(C)C)cc1. The van der Waals surface area contributed by atoms with Gasteiger partial charge in [-0.2, -0.15) is 12.6 Å². The molecule has 0 aliphatic rings. The quantitative estimate of drug-likeness (QED) is 0.352. The van der Waals surface area contributed by atoms with Crippen molar-refractivity contribution in [3.05, 3.63) is 71.3 Å². The number of hydrogen-bond donors (Lipinski definition) is 3. The number of ether oxygens (including phenoxy) is 1. The summed E-state index contributed by atoms with van der Waals surface area (Å²) in [6.45, 7) is 11.0. The largest absolute Gasteiger partial charge is 0.444 e. The van der Waals surface area contributed by atoms with E-state index in [2.05, 4.69) is 29.2 Å². The standard InChI is InChI=1S/C29H37N3O4S/c1-8-20-14-16-22(17-15-20)24(25(33)30-18-21-12-10-9-11-13-21)32(28(2,3)4)26(34)23(19-37)31-27(35)36-29(5,6)7/h1,9-17,23-24,37H,18-19H2,2-7H3,(H,30,33)(H,31,35). The predicted molar refractivity (Wildman–Crippen MR) is 149 cm³/mol. The Morgan fingerprint density at radius 2 is 1.59 bits per heavy atom. The Kier molecular flexibility index (Phi) is 10.2. The molecule has 0 saturated carbocycles. The Hall–Kier alpha value is -3.44. The molecule has 2 rings (SSSR count). The van der Waals surface area contributed by atoms with Gasteiger partial charge in [-0.25, -0.2) is 4.79 Å². The average Bonchev–Trinajstić information content (AvgIpc) is 2.82. The fraction of sp³-hybridized carbons (Fsp3) is 0.414. The highest BCUT2D eigenvalue weighted by molar-refractivity contribution is 7.80. The number of hydrogen-bond acceptors (Lipinski definition) is 5. The van der Waals surface area contributed by atoms with Crippen LogP contribution in [0.3, 0.4) is 0 Å². The van der Waals surface area contributed by atoms with Crippen LogP contribution in [0, 0.1) is 12.3 Å². The maximum Gasteiger partial charge on any atom is 0.408 e. The minimum Gasteiger partial charge on any atom is -0.444 e. The third-order valence-electron chi connectivity index (χ3n) is 5.34. The fourth-order valence-corrected chi connectivity index (χ4v) is 3.96. The van der Waals surface area contributed by atoms with Gasteiger partial charge in [0.1, 0.15) is 17.7 Å². The van der Waals surface area contributed by atoms with E-state index in [9.17, 15) is 14.4 Å². The number of carbonyl (C=O) groups excluding carboxylic acids is 3. The van der Waals surface area contributed by atoms with Crippen LogP contribution in [-0.4, -0.2) is 45.7 Å². The first-order chi connectivity index (χ1) is 17.3. The lowest BCUT2D eigenvalue weighted by Crippen LogP contribution is -2.59. The molecule has 37 heavy (non-hydrogen) atoms. The molecule has 0 radical (unpaired) electrons. The van der Waals surface area contributed by atoms with Crippen molar-refractivity contribution in [3.63, 3.8) is 0 Å². The molecule has 0 bridgehead atoms. The average molecular weight is 524 g/mol. The molecule has 2 unspecified atom stereocenters. The summed E-state index contributed by atoms with van der Waals surface area (Å²) in [6, 6.07) is 14.4. The Labute approximate surface area is 225 Å². The predicted octanol–water partition coefficient (Wildman–Crippen LogP) is 4.48. The summed E-state index contributed by atoms with van der Waals surface area (Å²) in [4.78, 5) is 41.6. The van der Waals surface area contributed by atoms with Crippen molar-refractivity contribution in [2.75, 3.05) is 5.75 Å². The third kappa shape index (κ3) is 8.87. The van der Waals surface area contributed by atoms with E-state index in [0.29, 0.717) is 11.1 Å². The van der Waals surface area contributed by atoms with Gasteiger partial charge in [-0.3, -0.25) is 9.59 Å². The summed E-state index contributed by atoms with van der Waals surface area (Å²) in [5, 5.41) is 5.57. The lowest BCUT2D eigenvalue weighted by Gasteiger charge is -2.43. The zero-order valence-corrected chi connectivity index (χ0v) is 23.3. The van der Waals surface area contributed by atoms with Gasteiger partial charge in [-0.05, 0) is 64.8 Å². The zero-order valence-electron chi connectivity index (χ0n) is 22.4. The lowest BCUT2D eigenvalue weighted by molar-refractivity contribution is -0.148. The number of thiol groups is 1. The molecule has 8 heteroatoms. The Balaban J connectivity index is 2.47. The Morgan fingerprint density at radius 3 is 2.08 bits per heavy atom. The van der Waals surface area contributed by atoms with E-state index in [0.717, 1.165) is 5.56 Å². The molecular formula is C29H37N3O4S. The van der Waals surface area contributed by atoms with Gasteiger partial charge in [0.15, 0.2) is 0 Å². The summed E-state index contributed by atoms with van der Waals surface area (Å²) in [5.41, 5.74) is 0.624. The molecule has 0 aliphatic heterocycles. The molecular weight excluding hydrogens is 486 g/mol. The van der Waals surface area contributed by atoms with Crippen molar-refractivity contribution < 1.29 is 19.1 Å². The third-order valence-corrected chi connectivity index (χ3v) is 5.71. The molecule has 0 spiro atoms. The molecule has 3 amide bonds. The van der Waals surface area contributed by atoms with Gasteiger partial charge in [0.05, 0.1) is 0 Å². The van der Waals surface area contributed by atoms with E-state index in [1.165, 1.54) is 4.90 Å². The first-order valence-electron chi connectivity index (χ1n) is 12.1. The van der Waals surface area contributed by atoms with Crippen molar-refractivity contribution in [2.45, 2.75) is 71.3 Å². The lowest BCUT2D eigenvalue weighted by atomic mass is 9.95. The van der Waals surface area contributed by atoms with Crippen LogP contribution in [0.25, 0.3) is 0 Å². The molecule has 0 heterocycles. The second-order valence-corrected chi connectivity index (χ2v) is 11.0. The molecule has 0 saturated heterocycles. The number of rotatable bonds is 8. The minimum atomic E-state index is -1.02. The number of amides is 3. The van der Waals surface area contributed by atoms with E-state index in [1.54, 1.807) is 45.0 Å². The van der Waals surface area contributed by atoms with Crippen LogP contribution < -0.4 is 10.6 Å². The van der Waals surface area contributed by atoms with Gasteiger partial charge in [-0.15, -0.1) is 6.42 Å². The van der Waals surface area contributed by atoms with E-state index in [-0.39, 0.29) is 18.2 Å². The van der Waals surface area contributed by atoms with Crippen molar-refractivity contribution in [1.29, 1.82) is 0 Å². The van der Waals surface area contributed by atoms with E-state index in [4.69, 9.17) is 11.2 Å². The monoisotopic (exact) mass is 523 g/mol. The Bertz CT molecular complexity index is 1110. The highest BCUT2D eigenvalue weighted by Gasteiger charge is 2.41. The normalized spacial score (nSPS) is 13.0. The van der Waals surface area contributed by atoms with Crippen LogP contribution in [0.1, 0.15) is 64.3 Å². The molecule has 2 N–H and O–H groups in total. The summed E-state index contributed by atoms with van der Waals surface area (Å²) in [6.07, 6.45) is 4.78. The topological polar surface area (TPSA) is 87.7 Å². The number of alkyl carbamates (subject to hydrolysis) is 1. The number of nitrogens with one attached hydrogen (secondary N) is 2. The van der Waals surface area contributed by atoms with Gasteiger partial charge >= 0.3 is 6.09 Å². The van der Waals surface area contributed by atoms with Crippen molar-refractivity contribution in [2.24, 2.45) is 0 Å². The van der Waals surface area contributed by atoms with Crippen LogP contribution in [-0.2, 0) is 20.9 Å². The van der Waals surface area contributed by atoms with E-state index >= 15 is 0 Å². The first kappa shape index (κ1) is 29.8. The molecule has 2 aromatic carbocycles. The van der Waals surface area contributed by atoms with Gasteiger partial charge in [-0.1, -0.05) is 48.4 Å². The molecule has 2 aromatic rings. The van der Waals surface area contributed by atoms with Gasteiger partial charge in [0.2, 0.25) is 11.8 Å². The summed E-state index contributed by atoms with van der Waals surface area (Å²) < 4.78 is 5.34. The number of terminal acetylenes is 1. The summed E-state index contributed by atoms with van der Waals surface area (Å²) in [5.74, 6) is 1.75. The van der Waals surface area contributed by atoms with Crippen LogP contribution in [0.15, 0.2) is 54.6 Å². The number of benzene rings is 2. The molecule has 0 aliphatic carbocycles. The van der Waals surface area contributed by atoms with Crippen LogP contribution >= 0.6 is 12.6 Å². The van der Waals surface area contributed by atoms with Crippen LogP contribution in [0.4, 0.5) is 4.79 Å². The fourth-order valence-electron chi connectivity index (χ4n) is 3.71. The van der Waals surface area contributed by atoms with Crippen molar-refractivity contribution in [1.82, 2.24) is 15.5 Å². The molecule has 0 aromatic heterocycles. The van der Waals surface area contributed by atoms with Gasteiger partial charge < -0.3 is 20.3 Å². The summed E-state index contributed by atoms with van der Waals surface area (Å²) >= 11 is 4.31. The minimum absolute atomic E-state index is 0.0129. The second kappa shape index (κ2) is 12.7. The molecule has 7 nitrogen and oxygen atoms in total. The van der Waals surface area contributed by atoms with Gasteiger partial charge in [0, 0.05) is 23.4 Å². The van der Waals surface area contributed by atoms with Crippen LogP contribution in [0.5, 0.6) is 0 Å². The molecule has 198 valence electrons. The van der Waals surface area contributed by atoms with E-state index < -0.39 is 35.2 Å². The number of carbonyl (C=O) groups is 3. The van der Waals surface area contributed by atoms with Crippen molar-refractivity contribution >= 4 is 30.5 Å².